The average molecular weight is 238 g/mol. The predicted octanol–water partition coefficient (Wildman–Crippen LogP) is 2.67. The fraction of sp³-hybridized carbons (Fsp3) is 0.538. The second-order valence-electron chi connectivity index (χ2n) is 4.13. The van der Waals surface area contributed by atoms with Gasteiger partial charge in [0.1, 0.15) is 0 Å². The zero-order valence-electron chi connectivity index (χ0n) is 10.6. The number of rotatable bonds is 6. The minimum Gasteiger partial charge on any atom is -0.318 e. The molecule has 90 valence electrons. The van der Waals surface area contributed by atoms with Crippen LogP contribution in [0.2, 0.25) is 0 Å². The monoisotopic (exact) mass is 238 g/mol. The molecule has 0 saturated heterocycles. The average Bonchev–Trinajstić information content (AvgIpc) is 2.26. The Morgan fingerprint density at radius 1 is 1.12 bits per heavy atom. The fourth-order valence-corrected chi connectivity index (χ4v) is 2.48. The van der Waals surface area contributed by atoms with Crippen LogP contribution in [0.15, 0.2) is 29.2 Å². The molecule has 0 radical (unpaired) electrons. The van der Waals surface area contributed by atoms with Crippen LogP contribution in [0.25, 0.3) is 0 Å². The highest BCUT2D eigenvalue weighted by atomic mass is 32.2. The van der Waals surface area contributed by atoms with Gasteiger partial charge in [-0.05, 0) is 31.8 Å². The first-order valence-electron chi connectivity index (χ1n) is 5.76. The molecule has 0 spiro atoms. The molecule has 1 atom stereocenters. The van der Waals surface area contributed by atoms with Crippen LogP contribution in [0.5, 0.6) is 0 Å². The second-order valence-corrected chi connectivity index (χ2v) is 5.78. The fourth-order valence-electron chi connectivity index (χ4n) is 1.64. The third kappa shape index (κ3) is 4.16. The Morgan fingerprint density at radius 2 is 1.75 bits per heavy atom. The maximum atomic E-state index is 3.31. The molecule has 3 heteroatoms. The zero-order valence-corrected chi connectivity index (χ0v) is 11.4. The van der Waals surface area contributed by atoms with Gasteiger partial charge in [0.05, 0.1) is 0 Å². The third-order valence-corrected chi connectivity index (χ3v) is 3.43. The maximum absolute atomic E-state index is 3.31. The normalized spacial score (nSPS) is 13.1. The summed E-state index contributed by atoms with van der Waals surface area (Å²) in [7, 11) is 3.98. The number of nitrogens with one attached hydrogen (secondary N) is 2. The van der Waals surface area contributed by atoms with Crippen molar-refractivity contribution in [2.24, 2.45) is 0 Å². The summed E-state index contributed by atoms with van der Waals surface area (Å²) in [5, 5.41) is 7.15. The van der Waals surface area contributed by atoms with Gasteiger partial charge in [0, 0.05) is 22.7 Å². The van der Waals surface area contributed by atoms with E-state index in [4.69, 9.17) is 0 Å². The molecule has 1 unspecified atom stereocenters. The summed E-state index contributed by atoms with van der Waals surface area (Å²) in [6.07, 6.45) is 0. The Labute approximate surface area is 103 Å². The van der Waals surface area contributed by atoms with Crippen LogP contribution in [-0.4, -0.2) is 25.9 Å². The molecule has 16 heavy (non-hydrogen) atoms. The first-order chi connectivity index (χ1) is 7.67. The molecule has 1 rings (SSSR count). The minimum atomic E-state index is 0.392. The van der Waals surface area contributed by atoms with E-state index in [0.29, 0.717) is 11.3 Å². The van der Waals surface area contributed by atoms with E-state index >= 15 is 0 Å². The van der Waals surface area contributed by atoms with E-state index in [-0.39, 0.29) is 0 Å². The van der Waals surface area contributed by atoms with Crippen LogP contribution in [-0.2, 0) is 0 Å². The second kappa shape index (κ2) is 6.94. The molecule has 0 bridgehead atoms. The zero-order chi connectivity index (χ0) is 12.0. The van der Waals surface area contributed by atoms with Gasteiger partial charge < -0.3 is 10.6 Å². The van der Waals surface area contributed by atoms with Gasteiger partial charge in [-0.25, -0.2) is 0 Å². The standard InChI is InChI=1S/C13H22N2S/c1-10(2)16-12-7-5-11(6-8-12)13(15-4)9-14-3/h5-8,10,13-15H,9H2,1-4H3. The smallest absolute Gasteiger partial charge is 0.0444 e. The summed E-state index contributed by atoms with van der Waals surface area (Å²) in [5.74, 6) is 0. The Balaban J connectivity index is 2.69. The van der Waals surface area contributed by atoms with Gasteiger partial charge in [0.2, 0.25) is 0 Å². The molecular weight excluding hydrogens is 216 g/mol. The lowest BCUT2D eigenvalue weighted by Gasteiger charge is -2.16. The number of thioether (sulfide) groups is 1. The van der Waals surface area contributed by atoms with Crippen molar-refractivity contribution in [2.75, 3.05) is 20.6 Å². The molecule has 1 aromatic rings. The van der Waals surface area contributed by atoms with E-state index in [1.165, 1.54) is 10.5 Å². The summed E-state index contributed by atoms with van der Waals surface area (Å²) in [4.78, 5) is 1.35. The molecular formula is C13H22N2S. The Morgan fingerprint density at radius 3 is 2.19 bits per heavy atom. The van der Waals surface area contributed by atoms with Gasteiger partial charge in [0.25, 0.3) is 0 Å². The predicted molar refractivity (Wildman–Crippen MR) is 73.2 cm³/mol. The summed E-state index contributed by atoms with van der Waals surface area (Å²) >= 11 is 1.90. The molecule has 0 aliphatic rings. The molecule has 2 N–H and O–H groups in total. The molecule has 0 amide bonds. The maximum Gasteiger partial charge on any atom is 0.0444 e. The van der Waals surface area contributed by atoms with E-state index in [0.717, 1.165) is 6.54 Å². The van der Waals surface area contributed by atoms with Crippen LogP contribution >= 0.6 is 11.8 Å². The topological polar surface area (TPSA) is 24.1 Å². The lowest BCUT2D eigenvalue weighted by atomic mass is 10.1. The minimum absolute atomic E-state index is 0.392. The van der Waals surface area contributed by atoms with E-state index in [2.05, 4.69) is 48.7 Å². The van der Waals surface area contributed by atoms with Crippen molar-refractivity contribution in [2.45, 2.75) is 30.0 Å². The number of likely N-dealkylation sites (N-methyl/N-ethyl adjacent to an activating group) is 2. The van der Waals surface area contributed by atoms with E-state index < -0.39 is 0 Å². The van der Waals surface area contributed by atoms with Gasteiger partial charge >= 0.3 is 0 Å². The highest BCUT2D eigenvalue weighted by molar-refractivity contribution is 7.99. The lowest BCUT2D eigenvalue weighted by Crippen LogP contribution is -2.27. The van der Waals surface area contributed by atoms with Crippen molar-refractivity contribution in [3.05, 3.63) is 29.8 Å². The molecule has 0 heterocycles. The Bertz CT molecular complexity index is 295. The van der Waals surface area contributed by atoms with Gasteiger partial charge in [-0.15, -0.1) is 11.8 Å². The first-order valence-corrected chi connectivity index (χ1v) is 6.63. The number of hydrogen-bond acceptors (Lipinski definition) is 3. The van der Waals surface area contributed by atoms with Crippen LogP contribution in [0.1, 0.15) is 25.5 Å². The molecule has 1 aromatic carbocycles. The first kappa shape index (κ1) is 13.6. The van der Waals surface area contributed by atoms with E-state index in [1.54, 1.807) is 0 Å². The van der Waals surface area contributed by atoms with Gasteiger partial charge in [-0.2, -0.15) is 0 Å². The van der Waals surface area contributed by atoms with Gasteiger partial charge in [0.15, 0.2) is 0 Å². The largest absolute Gasteiger partial charge is 0.318 e. The van der Waals surface area contributed by atoms with Crippen LogP contribution in [0.3, 0.4) is 0 Å². The van der Waals surface area contributed by atoms with Crippen molar-refractivity contribution in [1.29, 1.82) is 0 Å². The van der Waals surface area contributed by atoms with E-state index in [9.17, 15) is 0 Å². The lowest BCUT2D eigenvalue weighted by molar-refractivity contribution is 0.558. The molecule has 2 nitrogen and oxygen atoms in total. The summed E-state index contributed by atoms with van der Waals surface area (Å²) in [5.41, 5.74) is 1.34. The molecule has 0 saturated carbocycles. The SMILES string of the molecule is CNCC(NC)c1ccc(SC(C)C)cc1. The molecule has 0 aliphatic carbocycles. The van der Waals surface area contributed by atoms with Gasteiger partial charge in [-0.1, -0.05) is 26.0 Å². The highest BCUT2D eigenvalue weighted by Gasteiger charge is 2.07. The Kier molecular flexibility index (Phi) is 5.88. The van der Waals surface area contributed by atoms with Crippen molar-refractivity contribution in [3.63, 3.8) is 0 Å². The molecule has 0 aliphatic heterocycles. The molecule has 0 fully saturated rings. The number of benzene rings is 1. The third-order valence-electron chi connectivity index (χ3n) is 2.41. The van der Waals surface area contributed by atoms with E-state index in [1.807, 2.05) is 25.9 Å². The van der Waals surface area contributed by atoms with Gasteiger partial charge in [-0.3, -0.25) is 0 Å². The van der Waals surface area contributed by atoms with Crippen molar-refractivity contribution < 1.29 is 0 Å². The van der Waals surface area contributed by atoms with Crippen molar-refractivity contribution in [3.8, 4) is 0 Å². The Hall–Kier alpha value is -0.510. The summed E-state index contributed by atoms with van der Waals surface area (Å²) < 4.78 is 0. The van der Waals surface area contributed by atoms with Crippen LogP contribution in [0.4, 0.5) is 0 Å². The van der Waals surface area contributed by atoms with Crippen LogP contribution in [0, 0.1) is 0 Å². The summed E-state index contributed by atoms with van der Waals surface area (Å²) in [6.45, 7) is 5.39. The summed E-state index contributed by atoms with van der Waals surface area (Å²) in [6, 6.07) is 9.23. The number of hydrogen-bond donors (Lipinski definition) is 2. The van der Waals surface area contributed by atoms with Crippen molar-refractivity contribution >= 4 is 11.8 Å². The van der Waals surface area contributed by atoms with Crippen LogP contribution < -0.4 is 10.6 Å². The highest BCUT2D eigenvalue weighted by Crippen LogP contribution is 2.24. The molecule has 0 aromatic heterocycles. The quantitative estimate of drug-likeness (QED) is 0.745. The van der Waals surface area contributed by atoms with Crippen molar-refractivity contribution in [1.82, 2.24) is 10.6 Å².